The van der Waals surface area contributed by atoms with Gasteiger partial charge in [0.15, 0.2) is 0 Å². The molecule has 2 aromatic carbocycles. The Hall–Kier alpha value is -3.41. The van der Waals surface area contributed by atoms with E-state index in [-0.39, 0.29) is 43.7 Å². The van der Waals surface area contributed by atoms with Crippen molar-refractivity contribution in [3.63, 3.8) is 0 Å². The summed E-state index contributed by atoms with van der Waals surface area (Å²) in [5, 5.41) is 0. The quantitative estimate of drug-likeness (QED) is 0.233. The largest absolute Gasteiger partial charge is 0.466 e. The first-order valence-electron chi connectivity index (χ1n) is 13.6. The minimum Gasteiger partial charge on any atom is -0.466 e. The number of amides is 1. The Morgan fingerprint density at radius 2 is 1.57 bits per heavy atom. The first kappa shape index (κ1) is 31.5. The Kier molecular flexibility index (Phi) is 9.05. The van der Waals surface area contributed by atoms with Crippen LogP contribution >= 0.6 is 0 Å². The molecule has 6 nitrogen and oxygen atoms in total. The summed E-state index contributed by atoms with van der Waals surface area (Å²) in [6.45, 7) is 3.26. The van der Waals surface area contributed by atoms with Crippen molar-refractivity contribution < 1.29 is 45.4 Å². The summed E-state index contributed by atoms with van der Waals surface area (Å²) in [6, 6.07) is 10.7. The maximum Gasteiger partial charge on any atom is 0.416 e. The normalized spacial score (nSPS) is 23.7. The zero-order valence-electron chi connectivity index (χ0n) is 23.2. The highest BCUT2D eigenvalue weighted by molar-refractivity contribution is 5.95. The number of carbonyl (C=O) groups is 2. The van der Waals surface area contributed by atoms with Gasteiger partial charge in [-0.2, -0.15) is 26.3 Å². The molecule has 0 bridgehead atoms. The van der Waals surface area contributed by atoms with Crippen molar-refractivity contribution in [3.8, 4) is 0 Å². The van der Waals surface area contributed by atoms with Crippen LogP contribution in [0.2, 0.25) is 0 Å². The maximum atomic E-state index is 13.4. The second kappa shape index (κ2) is 12.1. The molecule has 42 heavy (non-hydrogen) atoms. The first-order chi connectivity index (χ1) is 19.7. The molecule has 0 spiro atoms. The third-order valence-electron chi connectivity index (χ3n) is 8.20. The summed E-state index contributed by atoms with van der Waals surface area (Å²) >= 11 is 0. The van der Waals surface area contributed by atoms with Gasteiger partial charge in [-0.3, -0.25) is 19.5 Å². The van der Waals surface area contributed by atoms with Gasteiger partial charge in [-0.1, -0.05) is 30.3 Å². The second-order valence-electron chi connectivity index (χ2n) is 10.9. The van der Waals surface area contributed by atoms with Gasteiger partial charge in [0.2, 0.25) is 5.91 Å². The van der Waals surface area contributed by atoms with E-state index in [1.165, 1.54) is 18.2 Å². The number of ether oxygens (including phenoxy) is 2. The number of benzene rings is 2. The number of aliphatic imine (C=N–C) groups is 1. The molecule has 1 saturated carbocycles. The van der Waals surface area contributed by atoms with Crippen molar-refractivity contribution in [2.75, 3.05) is 19.8 Å². The number of carbonyl (C=O) groups excluding carboxylic acids is 2. The van der Waals surface area contributed by atoms with Gasteiger partial charge in [-0.05, 0) is 68.9 Å². The molecular weight excluding hydrogens is 566 g/mol. The molecule has 0 radical (unpaired) electrons. The van der Waals surface area contributed by atoms with Gasteiger partial charge in [-0.25, -0.2) is 0 Å². The average molecular weight is 599 g/mol. The van der Waals surface area contributed by atoms with Gasteiger partial charge in [0.05, 0.1) is 48.7 Å². The number of halogens is 6. The van der Waals surface area contributed by atoms with Crippen LogP contribution in [-0.4, -0.2) is 48.4 Å². The molecule has 0 unspecified atom stereocenters. The monoisotopic (exact) mass is 598 g/mol. The number of alkyl halides is 6. The van der Waals surface area contributed by atoms with Crippen molar-refractivity contribution in [2.45, 2.75) is 75.4 Å². The molecule has 4 rings (SSSR count). The lowest BCUT2D eigenvalue weighted by atomic mass is 9.63. The van der Waals surface area contributed by atoms with E-state index in [9.17, 15) is 35.9 Å². The molecule has 1 aliphatic heterocycles. The van der Waals surface area contributed by atoms with Crippen molar-refractivity contribution in [3.05, 3.63) is 70.8 Å². The summed E-state index contributed by atoms with van der Waals surface area (Å²) in [7, 11) is 0. The molecule has 12 heteroatoms. The number of hydrogen-bond donors (Lipinski definition) is 0. The van der Waals surface area contributed by atoms with E-state index in [2.05, 4.69) is 4.99 Å². The van der Waals surface area contributed by atoms with Crippen molar-refractivity contribution in [1.29, 1.82) is 0 Å². The SMILES string of the molecule is CCOC(=O)CC1(N2C=NCC2=O)CCC(CO[C@H](C)c2cc(C(F)(F)F)cc(C(F)(F)F)c2)(c2ccccc2)CC1. The summed E-state index contributed by atoms with van der Waals surface area (Å²) in [4.78, 5) is 30.8. The molecule has 1 aliphatic carbocycles. The van der Waals surface area contributed by atoms with Crippen molar-refractivity contribution in [1.82, 2.24) is 4.90 Å². The molecule has 0 saturated heterocycles. The first-order valence-corrected chi connectivity index (χ1v) is 13.6. The third-order valence-corrected chi connectivity index (χ3v) is 8.20. The average Bonchev–Trinajstić information content (AvgIpc) is 3.38. The van der Waals surface area contributed by atoms with E-state index >= 15 is 0 Å². The van der Waals surface area contributed by atoms with Crippen LogP contribution in [0.1, 0.15) is 74.3 Å². The molecule has 2 aliphatic rings. The molecular formula is C30H32F6N2O4. The van der Waals surface area contributed by atoms with Crippen LogP contribution in [0.25, 0.3) is 0 Å². The lowest BCUT2D eigenvalue weighted by molar-refractivity contribution is -0.148. The maximum absolute atomic E-state index is 13.4. The molecule has 0 N–H and O–H groups in total. The zero-order valence-corrected chi connectivity index (χ0v) is 23.2. The molecule has 1 atom stereocenters. The number of nitrogens with zero attached hydrogens (tertiary/aromatic N) is 2. The topological polar surface area (TPSA) is 68.2 Å². The highest BCUT2D eigenvalue weighted by atomic mass is 19.4. The number of rotatable bonds is 9. The Balaban J connectivity index is 1.62. The highest BCUT2D eigenvalue weighted by Gasteiger charge is 2.50. The van der Waals surface area contributed by atoms with Gasteiger partial charge in [0.1, 0.15) is 6.54 Å². The molecule has 1 amide bonds. The van der Waals surface area contributed by atoms with Crippen LogP contribution in [0, 0.1) is 0 Å². The van der Waals surface area contributed by atoms with Crippen LogP contribution in [0.4, 0.5) is 26.3 Å². The fraction of sp³-hybridized carbons (Fsp3) is 0.500. The van der Waals surface area contributed by atoms with Gasteiger partial charge in [0, 0.05) is 5.41 Å². The van der Waals surface area contributed by atoms with E-state index in [0.29, 0.717) is 37.8 Å². The van der Waals surface area contributed by atoms with E-state index in [0.717, 1.165) is 5.56 Å². The summed E-state index contributed by atoms with van der Waals surface area (Å²) in [5.41, 5.74) is -3.73. The molecule has 1 fully saturated rings. The summed E-state index contributed by atoms with van der Waals surface area (Å²) < 4.78 is 91.9. The van der Waals surface area contributed by atoms with Gasteiger partial charge >= 0.3 is 18.3 Å². The smallest absolute Gasteiger partial charge is 0.416 e. The van der Waals surface area contributed by atoms with E-state index in [1.54, 1.807) is 6.92 Å². The fourth-order valence-electron chi connectivity index (χ4n) is 5.81. The van der Waals surface area contributed by atoms with Crippen LogP contribution in [-0.2, 0) is 36.8 Å². The Labute approximate surface area is 239 Å². The van der Waals surface area contributed by atoms with Crippen LogP contribution in [0.5, 0.6) is 0 Å². The second-order valence-corrected chi connectivity index (χ2v) is 10.9. The number of esters is 1. The number of hydrogen-bond acceptors (Lipinski definition) is 5. The highest BCUT2D eigenvalue weighted by Crippen LogP contribution is 2.48. The van der Waals surface area contributed by atoms with Gasteiger partial charge in [-0.15, -0.1) is 0 Å². The van der Waals surface area contributed by atoms with E-state index in [4.69, 9.17) is 9.47 Å². The van der Waals surface area contributed by atoms with E-state index < -0.39 is 46.5 Å². The molecule has 2 aromatic rings. The van der Waals surface area contributed by atoms with E-state index in [1.807, 2.05) is 30.3 Å². The molecule has 1 heterocycles. The van der Waals surface area contributed by atoms with Crippen LogP contribution in [0.3, 0.4) is 0 Å². The van der Waals surface area contributed by atoms with Gasteiger partial charge in [0.25, 0.3) is 0 Å². The predicted octanol–water partition coefficient (Wildman–Crippen LogP) is 6.88. The lowest BCUT2D eigenvalue weighted by Crippen LogP contribution is -2.56. The molecule has 228 valence electrons. The van der Waals surface area contributed by atoms with Crippen molar-refractivity contribution in [2.24, 2.45) is 4.99 Å². The van der Waals surface area contributed by atoms with Gasteiger partial charge < -0.3 is 9.47 Å². The lowest BCUT2D eigenvalue weighted by Gasteiger charge is -2.49. The minimum atomic E-state index is -4.97. The van der Waals surface area contributed by atoms with Crippen LogP contribution in [0.15, 0.2) is 53.5 Å². The standard InChI is InChI=1S/C30H32F6N2O4/c1-3-41-26(40)16-28(38-19-37-17-25(38)39)11-9-27(10-12-28,22-7-5-4-6-8-22)18-42-20(2)21-13-23(29(31,32)33)15-24(14-21)30(34,35)36/h4-8,13-15,19-20H,3,9-12,16-18H2,1-2H3/t20-,27?,28?/m1/s1. The predicted molar refractivity (Wildman–Crippen MR) is 142 cm³/mol. The van der Waals surface area contributed by atoms with Crippen LogP contribution < -0.4 is 0 Å². The minimum absolute atomic E-state index is 0.00665. The molecule has 0 aromatic heterocycles. The Morgan fingerprint density at radius 1 is 0.976 bits per heavy atom. The summed E-state index contributed by atoms with van der Waals surface area (Å²) in [5.74, 6) is -0.686. The summed E-state index contributed by atoms with van der Waals surface area (Å²) in [6.07, 6.45) is -8.02. The fourth-order valence-corrected chi connectivity index (χ4v) is 5.81. The Morgan fingerprint density at radius 3 is 2.07 bits per heavy atom. The third kappa shape index (κ3) is 6.79. The Bertz CT molecular complexity index is 1270. The zero-order chi connectivity index (χ0) is 30.8. The van der Waals surface area contributed by atoms with Crippen molar-refractivity contribution >= 4 is 18.2 Å².